The van der Waals surface area contributed by atoms with Gasteiger partial charge >= 0.3 is 16.4 Å². The van der Waals surface area contributed by atoms with E-state index >= 15 is 0 Å². The quantitative estimate of drug-likeness (QED) is 0.431. The van der Waals surface area contributed by atoms with Crippen molar-refractivity contribution in [2.45, 2.75) is 30.1 Å². The van der Waals surface area contributed by atoms with Crippen LogP contribution in [0.1, 0.15) is 34.0 Å². The average Bonchev–Trinajstić information content (AvgIpc) is 2.71. The van der Waals surface area contributed by atoms with Gasteiger partial charge in [0.15, 0.2) is 0 Å². The molecule has 5 nitrogen and oxygen atoms in total. The number of benzene rings is 2. The fourth-order valence-corrected chi connectivity index (χ4v) is 3.33. The zero-order chi connectivity index (χ0) is 26.1. The third-order valence-corrected chi connectivity index (χ3v) is 5.55. The summed E-state index contributed by atoms with van der Waals surface area (Å²) in [7, 11) is -9.93. The summed E-state index contributed by atoms with van der Waals surface area (Å²) >= 11 is 0. The van der Waals surface area contributed by atoms with E-state index in [1.807, 2.05) is 0 Å². The van der Waals surface area contributed by atoms with Crippen LogP contribution in [-0.4, -0.2) is 18.1 Å². The molecule has 1 N–H and O–H groups in total. The fraction of sp³-hybridized carbons (Fsp3) is 0.250. The monoisotopic (exact) mass is 513 g/mol. The number of halogens is 8. The molecule has 0 bridgehead atoms. The van der Waals surface area contributed by atoms with Crippen molar-refractivity contribution in [1.29, 1.82) is 10.5 Å². The van der Waals surface area contributed by atoms with Gasteiger partial charge < -0.3 is 10.1 Å². The molecule has 0 heterocycles. The van der Waals surface area contributed by atoms with Crippen molar-refractivity contribution < 1.29 is 42.1 Å². The normalized spacial score (nSPS) is 15.7. The van der Waals surface area contributed by atoms with E-state index < -0.39 is 57.1 Å². The first-order valence-corrected chi connectivity index (χ1v) is 11.0. The van der Waals surface area contributed by atoms with E-state index in [9.17, 15) is 42.7 Å². The summed E-state index contributed by atoms with van der Waals surface area (Å²) in [6.07, 6.45) is -4.79. The molecule has 0 aliphatic rings. The molecule has 2 aromatic rings. The van der Waals surface area contributed by atoms with Crippen LogP contribution in [0.15, 0.2) is 47.4 Å². The molecular weight excluding hydrogens is 498 g/mol. The van der Waals surface area contributed by atoms with Crippen molar-refractivity contribution in [3.63, 3.8) is 0 Å². The molecule has 0 aliphatic carbocycles. The number of carbonyl (C=O) groups is 1. The van der Waals surface area contributed by atoms with Crippen molar-refractivity contribution >= 4 is 16.1 Å². The maximum absolute atomic E-state index is 13.2. The van der Waals surface area contributed by atoms with E-state index in [2.05, 4.69) is 5.32 Å². The maximum Gasteiger partial charge on any atom is 0.416 e. The Morgan fingerprint density at radius 2 is 1.62 bits per heavy atom. The standard InChI is InChI=1S/C20H15F8N3O2S/c1-19(11-30,12-33-10-15-3-2-13(9-29)8-17(15)20(21,22)23)31-18(32)14-4-6-16(7-5-14)34(24,25,26,27)28/h2-8H,10,12H2,1H3,(H,31,32). The van der Waals surface area contributed by atoms with Crippen LogP contribution in [-0.2, 0) is 17.5 Å². The lowest BCUT2D eigenvalue weighted by Crippen LogP contribution is -2.48. The Kier molecular flexibility index (Phi) is 6.44. The Balaban J connectivity index is 2.12. The van der Waals surface area contributed by atoms with Crippen LogP contribution in [0.25, 0.3) is 0 Å². The zero-order valence-electron chi connectivity index (χ0n) is 17.1. The minimum absolute atomic E-state index is 0.0280. The van der Waals surface area contributed by atoms with Gasteiger partial charge in [0, 0.05) is 5.56 Å². The summed E-state index contributed by atoms with van der Waals surface area (Å²) in [5.74, 6) is -1.10. The van der Waals surface area contributed by atoms with Crippen molar-refractivity contribution in [2.75, 3.05) is 6.61 Å². The van der Waals surface area contributed by atoms with Crippen molar-refractivity contribution in [2.24, 2.45) is 0 Å². The highest BCUT2D eigenvalue weighted by Crippen LogP contribution is 3.02. The Bertz CT molecular complexity index is 1180. The Morgan fingerprint density at radius 1 is 1.03 bits per heavy atom. The van der Waals surface area contributed by atoms with Crippen LogP contribution >= 0.6 is 10.2 Å². The Morgan fingerprint density at radius 3 is 2.09 bits per heavy atom. The smallest absolute Gasteiger partial charge is 0.373 e. The fourth-order valence-electron chi connectivity index (χ4n) is 2.68. The van der Waals surface area contributed by atoms with Crippen LogP contribution in [0.2, 0.25) is 0 Å². The van der Waals surface area contributed by atoms with E-state index in [1.165, 1.54) is 0 Å². The molecular formula is C20H15F8N3O2S. The molecule has 1 amide bonds. The molecule has 0 spiro atoms. The number of ether oxygens (including phenoxy) is 1. The second-order valence-electron chi connectivity index (χ2n) is 7.37. The topological polar surface area (TPSA) is 85.9 Å². The average molecular weight is 513 g/mol. The van der Waals surface area contributed by atoms with Crippen LogP contribution in [0, 0.1) is 22.7 Å². The second kappa shape index (κ2) is 8.14. The van der Waals surface area contributed by atoms with Crippen LogP contribution in [0.3, 0.4) is 0 Å². The molecule has 0 fully saturated rings. The molecule has 2 aromatic carbocycles. The zero-order valence-corrected chi connectivity index (χ0v) is 17.9. The SMILES string of the molecule is CC(C#N)(COCc1ccc(C#N)cc1C(F)(F)F)NC(=O)c1ccc(S(F)(F)(F)(F)F)cc1. The first-order valence-electron chi connectivity index (χ1n) is 9.04. The maximum atomic E-state index is 13.2. The first kappa shape index (κ1) is 26.9. The number of hydrogen-bond acceptors (Lipinski definition) is 4. The summed E-state index contributed by atoms with van der Waals surface area (Å²) in [6, 6.07) is 7.06. The van der Waals surface area contributed by atoms with Crippen LogP contribution in [0.5, 0.6) is 0 Å². The third-order valence-electron chi connectivity index (χ3n) is 4.39. The largest absolute Gasteiger partial charge is 0.416 e. The van der Waals surface area contributed by atoms with Gasteiger partial charge in [0.25, 0.3) is 5.91 Å². The minimum atomic E-state index is -9.93. The highest BCUT2D eigenvalue weighted by atomic mass is 32.5. The van der Waals surface area contributed by atoms with Gasteiger partial charge in [-0.3, -0.25) is 4.79 Å². The Labute approximate surface area is 188 Å². The molecule has 0 radical (unpaired) electrons. The number of nitrogens with one attached hydrogen (secondary N) is 1. The molecule has 34 heavy (non-hydrogen) atoms. The minimum Gasteiger partial charge on any atom is -0.373 e. The number of alkyl halides is 3. The third kappa shape index (κ3) is 6.82. The van der Waals surface area contributed by atoms with Gasteiger partial charge in [-0.1, -0.05) is 25.5 Å². The molecule has 14 heteroatoms. The van der Waals surface area contributed by atoms with Crippen LogP contribution < -0.4 is 5.32 Å². The first-order chi connectivity index (χ1) is 15.3. The molecule has 0 saturated carbocycles. The summed E-state index contributed by atoms with van der Waals surface area (Å²) in [5, 5.41) is 20.3. The lowest BCUT2D eigenvalue weighted by Gasteiger charge is -2.40. The van der Waals surface area contributed by atoms with Gasteiger partial charge in [-0.05, 0) is 48.9 Å². The van der Waals surface area contributed by atoms with Gasteiger partial charge in [0.05, 0.1) is 36.5 Å². The molecule has 0 saturated heterocycles. The van der Waals surface area contributed by atoms with Gasteiger partial charge in [-0.15, -0.1) is 0 Å². The van der Waals surface area contributed by atoms with Crippen molar-refractivity contribution in [1.82, 2.24) is 5.32 Å². The summed E-state index contributed by atoms with van der Waals surface area (Å²) < 4.78 is 109. The van der Waals surface area contributed by atoms with Crippen LogP contribution in [0.4, 0.5) is 32.6 Å². The van der Waals surface area contributed by atoms with Gasteiger partial charge in [0.2, 0.25) is 0 Å². The van der Waals surface area contributed by atoms with Gasteiger partial charge in [-0.2, -0.15) is 23.7 Å². The molecule has 1 unspecified atom stereocenters. The van der Waals surface area contributed by atoms with Crippen molar-refractivity contribution in [3.8, 4) is 12.1 Å². The number of carbonyl (C=O) groups excluding carboxylic acids is 1. The molecule has 184 valence electrons. The number of rotatable bonds is 7. The van der Waals surface area contributed by atoms with E-state index in [-0.39, 0.29) is 23.3 Å². The highest BCUT2D eigenvalue weighted by Gasteiger charge is 2.65. The van der Waals surface area contributed by atoms with E-state index in [1.54, 1.807) is 12.1 Å². The lowest BCUT2D eigenvalue weighted by atomic mass is 10.0. The predicted octanol–water partition coefficient (Wildman–Crippen LogP) is 6.46. The predicted molar refractivity (Wildman–Crippen MR) is 105 cm³/mol. The molecule has 2 rings (SSSR count). The van der Waals surface area contributed by atoms with Crippen molar-refractivity contribution in [3.05, 3.63) is 64.7 Å². The summed E-state index contributed by atoms with van der Waals surface area (Å²) in [4.78, 5) is 10.1. The molecule has 0 aliphatic heterocycles. The second-order valence-corrected chi connectivity index (χ2v) is 9.78. The van der Waals surface area contributed by atoms with E-state index in [0.717, 1.165) is 19.1 Å². The number of nitriles is 2. The van der Waals surface area contributed by atoms with E-state index in [4.69, 9.17) is 10.00 Å². The number of hydrogen-bond donors (Lipinski definition) is 1. The Hall–Kier alpha value is -3.36. The number of nitrogens with zero attached hydrogens (tertiary/aromatic N) is 2. The highest BCUT2D eigenvalue weighted by molar-refractivity contribution is 8.45. The van der Waals surface area contributed by atoms with Gasteiger partial charge in [0.1, 0.15) is 10.4 Å². The summed E-state index contributed by atoms with van der Waals surface area (Å²) in [5.41, 5.74) is -4.01. The van der Waals surface area contributed by atoms with Gasteiger partial charge in [-0.25, -0.2) is 0 Å². The summed E-state index contributed by atoms with van der Waals surface area (Å²) in [6.45, 7) is -0.139. The van der Waals surface area contributed by atoms with E-state index in [0.29, 0.717) is 18.2 Å². The molecule has 0 aromatic heterocycles. The lowest BCUT2D eigenvalue weighted by molar-refractivity contribution is -0.139. The number of amides is 1. The molecule has 1 atom stereocenters.